The molecule has 10 heteroatoms. The minimum atomic E-state index is -1.09. The predicted molar refractivity (Wildman–Crippen MR) is 132 cm³/mol. The molecule has 0 saturated carbocycles. The maximum absolute atomic E-state index is 12.4. The maximum atomic E-state index is 12.4. The smallest absolute Gasteiger partial charge is 0.407 e. The highest BCUT2D eigenvalue weighted by molar-refractivity contribution is 5.85. The summed E-state index contributed by atoms with van der Waals surface area (Å²) in [4.78, 5) is 37.4. The molecule has 0 aliphatic rings. The van der Waals surface area contributed by atoms with E-state index in [4.69, 9.17) is 10.5 Å². The lowest BCUT2D eigenvalue weighted by atomic mass is 10.0. The molecule has 0 aromatic heterocycles. The maximum Gasteiger partial charge on any atom is 0.407 e. The zero-order valence-corrected chi connectivity index (χ0v) is 19.8. The summed E-state index contributed by atoms with van der Waals surface area (Å²) < 4.78 is 5.11. The Morgan fingerprint density at radius 1 is 0.941 bits per heavy atom. The van der Waals surface area contributed by atoms with Gasteiger partial charge in [-0.3, -0.25) is 4.79 Å². The summed E-state index contributed by atoms with van der Waals surface area (Å²) in [5.74, 6) is -0.296. The van der Waals surface area contributed by atoms with Crippen molar-refractivity contribution in [2.75, 3.05) is 19.6 Å². The van der Waals surface area contributed by atoms with Gasteiger partial charge in [0.2, 0.25) is 5.91 Å². The summed E-state index contributed by atoms with van der Waals surface area (Å²) in [5, 5.41) is 15.0. The van der Waals surface area contributed by atoms with E-state index >= 15 is 0 Å². The van der Waals surface area contributed by atoms with Crippen molar-refractivity contribution in [2.24, 2.45) is 5.73 Å². The Kier molecular flexibility index (Phi) is 13.8. The highest BCUT2D eigenvalue weighted by Crippen LogP contribution is 2.16. The van der Waals surface area contributed by atoms with E-state index in [1.54, 1.807) is 0 Å². The number of nitrogens with one attached hydrogen (secondary N) is 2. The van der Waals surface area contributed by atoms with Gasteiger partial charge in [0.1, 0.15) is 6.61 Å². The summed E-state index contributed by atoms with van der Waals surface area (Å²) in [6.07, 6.45) is -0.568. The first kappa shape index (κ1) is 28.7. The third-order valence-corrected chi connectivity index (χ3v) is 4.97. The monoisotopic (exact) mass is 492 g/mol. The first-order valence-corrected chi connectivity index (χ1v) is 10.9. The molecule has 0 aliphatic carbocycles. The van der Waals surface area contributed by atoms with Crippen LogP contribution >= 0.6 is 12.4 Å². The van der Waals surface area contributed by atoms with Gasteiger partial charge in [-0.1, -0.05) is 60.7 Å². The van der Waals surface area contributed by atoms with E-state index in [0.29, 0.717) is 19.4 Å². The Bertz CT molecular complexity index is 870. The zero-order valence-electron chi connectivity index (χ0n) is 19.0. The lowest BCUT2D eigenvalue weighted by molar-refractivity contribution is -0.122. The van der Waals surface area contributed by atoms with Crippen LogP contribution in [0.25, 0.3) is 0 Å². The number of hydrogen-bond donors (Lipinski definition) is 4. The fourth-order valence-corrected chi connectivity index (χ4v) is 3.28. The third kappa shape index (κ3) is 11.0. The van der Waals surface area contributed by atoms with Gasteiger partial charge in [-0.15, -0.1) is 12.4 Å². The van der Waals surface area contributed by atoms with Crippen LogP contribution in [0.3, 0.4) is 0 Å². The van der Waals surface area contributed by atoms with Gasteiger partial charge in [-0.2, -0.15) is 0 Å². The number of rotatable bonds is 13. The lowest BCUT2D eigenvalue weighted by Gasteiger charge is -2.29. The second-order valence-corrected chi connectivity index (χ2v) is 7.52. The van der Waals surface area contributed by atoms with Crippen LogP contribution < -0.4 is 16.4 Å². The Balaban J connectivity index is 0.00000578. The molecule has 0 unspecified atom stereocenters. The van der Waals surface area contributed by atoms with Crippen LogP contribution in [0, 0.1) is 0 Å². The highest BCUT2D eigenvalue weighted by atomic mass is 35.5. The molecule has 5 N–H and O–H groups in total. The molecule has 0 radical (unpaired) electrons. The van der Waals surface area contributed by atoms with Crippen molar-refractivity contribution in [1.82, 2.24) is 15.5 Å². The molecular weight excluding hydrogens is 460 g/mol. The fourth-order valence-electron chi connectivity index (χ4n) is 3.28. The molecule has 0 bridgehead atoms. The second-order valence-electron chi connectivity index (χ2n) is 7.52. The van der Waals surface area contributed by atoms with E-state index in [2.05, 4.69) is 10.6 Å². The summed E-state index contributed by atoms with van der Waals surface area (Å²) in [6.45, 7) is 1.15. The number of hydrogen-bond acceptors (Lipinski definition) is 5. The molecule has 2 rings (SSSR count). The topological polar surface area (TPSA) is 134 Å². The van der Waals surface area contributed by atoms with Gasteiger partial charge < -0.3 is 31.1 Å². The van der Waals surface area contributed by atoms with Crippen molar-refractivity contribution >= 4 is 30.5 Å². The van der Waals surface area contributed by atoms with Crippen LogP contribution in [0.5, 0.6) is 0 Å². The normalized spacial score (nSPS) is 11.0. The van der Waals surface area contributed by atoms with Crippen molar-refractivity contribution < 1.29 is 24.2 Å². The van der Waals surface area contributed by atoms with Gasteiger partial charge in [0.25, 0.3) is 0 Å². The third-order valence-electron chi connectivity index (χ3n) is 4.97. The summed E-state index contributed by atoms with van der Waals surface area (Å²) in [7, 11) is 0. The summed E-state index contributed by atoms with van der Waals surface area (Å²) in [6, 6.07) is 18.0. The molecule has 0 heterocycles. The van der Waals surface area contributed by atoms with Crippen LogP contribution in [-0.2, 0) is 22.7 Å². The van der Waals surface area contributed by atoms with E-state index in [-0.39, 0.29) is 51.0 Å². The molecule has 9 nitrogen and oxygen atoms in total. The van der Waals surface area contributed by atoms with E-state index in [1.807, 2.05) is 60.7 Å². The van der Waals surface area contributed by atoms with Crippen molar-refractivity contribution in [1.29, 1.82) is 0 Å². The SMILES string of the molecule is Cl.NCCC[C@@H](CC(=O)NCCNC(=O)OCc1ccccc1)N(Cc1ccccc1)C(=O)O. The van der Waals surface area contributed by atoms with E-state index in [9.17, 15) is 19.5 Å². The number of ether oxygens (including phenoxy) is 1. The van der Waals surface area contributed by atoms with Crippen LogP contribution in [0.15, 0.2) is 60.7 Å². The zero-order chi connectivity index (χ0) is 23.9. The molecule has 2 aromatic carbocycles. The molecule has 0 aliphatic heterocycles. The number of alkyl carbamates (subject to hydrolysis) is 1. The van der Waals surface area contributed by atoms with Gasteiger partial charge in [0, 0.05) is 32.1 Å². The first-order valence-electron chi connectivity index (χ1n) is 10.9. The molecule has 186 valence electrons. The molecule has 0 spiro atoms. The molecule has 0 saturated heterocycles. The predicted octanol–water partition coefficient (Wildman–Crippen LogP) is 3.13. The number of carbonyl (C=O) groups excluding carboxylic acids is 2. The number of carbonyl (C=O) groups is 3. The molecule has 34 heavy (non-hydrogen) atoms. The number of nitrogens with two attached hydrogens (primary N) is 1. The van der Waals surface area contributed by atoms with Crippen LogP contribution in [0.4, 0.5) is 9.59 Å². The Morgan fingerprint density at radius 2 is 1.53 bits per heavy atom. The second kappa shape index (κ2) is 16.3. The number of amides is 3. The van der Waals surface area contributed by atoms with Crippen LogP contribution in [0.1, 0.15) is 30.4 Å². The molecule has 2 aromatic rings. The van der Waals surface area contributed by atoms with E-state index in [1.165, 1.54) is 4.90 Å². The lowest BCUT2D eigenvalue weighted by Crippen LogP contribution is -2.43. The average Bonchev–Trinajstić information content (AvgIpc) is 2.83. The standard InChI is InChI=1S/C24H32N4O5.ClH/c25-13-7-12-21(28(24(31)32)17-19-8-3-1-4-9-19)16-22(29)26-14-15-27-23(30)33-18-20-10-5-2-6-11-20;/h1-6,8-11,21H,7,12-18,25H2,(H,26,29)(H,27,30)(H,31,32);1H/t21-;/m0./s1. The van der Waals surface area contributed by atoms with Gasteiger partial charge in [0.15, 0.2) is 0 Å². The van der Waals surface area contributed by atoms with Crippen LogP contribution in [0.2, 0.25) is 0 Å². The molecule has 3 amide bonds. The summed E-state index contributed by atoms with van der Waals surface area (Å²) >= 11 is 0. The number of halogens is 1. The molecule has 0 fully saturated rings. The molecular formula is C24H33ClN4O5. The number of nitrogens with zero attached hydrogens (tertiary/aromatic N) is 1. The van der Waals surface area contributed by atoms with E-state index in [0.717, 1.165) is 11.1 Å². The van der Waals surface area contributed by atoms with E-state index < -0.39 is 18.2 Å². The van der Waals surface area contributed by atoms with Gasteiger partial charge in [0.05, 0.1) is 0 Å². The largest absolute Gasteiger partial charge is 0.465 e. The van der Waals surface area contributed by atoms with Gasteiger partial charge >= 0.3 is 12.2 Å². The van der Waals surface area contributed by atoms with Crippen LogP contribution in [-0.4, -0.2) is 53.8 Å². The number of benzene rings is 2. The minimum absolute atomic E-state index is 0. The van der Waals surface area contributed by atoms with Crippen molar-refractivity contribution in [3.8, 4) is 0 Å². The minimum Gasteiger partial charge on any atom is -0.465 e. The first-order chi connectivity index (χ1) is 16.0. The Hall–Kier alpha value is -3.30. The van der Waals surface area contributed by atoms with Gasteiger partial charge in [-0.25, -0.2) is 9.59 Å². The highest BCUT2D eigenvalue weighted by Gasteiger charge is 2.25. The Labute approximate surface area is 206 Å². The van der Waals surface area contributed by atoms with Crippen molar-refractivity contribution in [2.45, 2.75) is 38.5 Å². The number of carboxylic acid groups (broad SMARTS) is 1. The van der Waals surface area contributed by atoms with Gasteiger partial charge in [-0.05, 0) is 30.5 Å². The summed E-state index contributed by atoms with van der Waals surface area (Å²) in [5.41, 5.74) is 7.33. The van der Waals surface area contributed by atoms with Crippen molar-refractivity contribution in [3.63, 3.8) is 0 Å². The van der Waals surface area contributed by atoms with Crippen molar-refractivity contribution in [3.05, 3.63) is 71.8 Å². The Morgan fingerprint density at radius 3 is 2.12 bits per heavy atom. The quantitative estimate of drug-likeness (QED) is 0.317. The molecule has 1 atom stereocenters. The fraction of sp³-hybridized carbons (Fsp3) is 0.375. The average molecular weight is 493 g/mol.